The lowest BCUT2D eigenvalue weighted by Crippen LogP contribution is -2.30. The molecule has 4 aromatic rings. The van der Waals surface area contributed by atoms with E-state index in [9.17, 15) is 14.4 Å². The van der Waals surface area contributed by atoms with Gasteiger partial charge < -0.3 is 16.0 Å². The normalized spacial score (nSPS) is 11.0. The first kappa shape index (κ1) is 25.9. The summed E-state index contributed by atoms with van der Waals surface area (Å²) < 4.78 is 0. The molecule has 0 aliphatic rings. The van der Waals surface area contributed by atoms with E-state index < -0.39 is 5.91 Å². The van der Waals surface area contributed by atoms with E-state index in [0.29, 0.717) is 16.4 Å². The Morgan fingerprint density at radius 1 is 0.946 bits per heavy atom. The van der Waals surface area contributed by atoms with Crippen molar-refractivity contribution in [2.24, 2.45) is 0 Å². The first-order valence-corrected chi connectivity index (χ1v) is 13.2. The van der Waals surface area contributed by atoms with Gasteiger partial charge in [0, 0.05) is 27.7 Å². The molecule has 0 aliphatic carbocycles. The number of rotatable bonds is 9. The van der Waals surface area contributed by atoms with Crippen LogP contribution in [0.3, 0.4) is 0 Å². The van der Waals surface area contributed by atoms with Crippen LogP contribution >= 0.6 is 23.1 Å². The second-order valence-corrected chi connectivity index (χ2v) is 9.89. The molecule has 0 fully saturated rings. The van der Waals surface area contributed by atoms with Gasteiger partial charge in [-0.3, -0.25) is 14.4 Å². The summed E-state index contributed by atoms with van der Waals surface area (Å²) in [5.74, 6) is -0.817. The molecule has 0 aliphatic heterocycles. The zero-order valence-corrected chi connectivity index (χ0v) is 21.6. The molecule has 7 nitrogen and oxygen atoms in total. The van der Waals surface area contributed by atoms with E-state index in [-0.39, 0.29) is 23.3 Å². The fraction of sp³-hybridized carbons (Fsp3) is 0.0714. The fourth-order valence-corrected chi connectivity index (χ4v) is 4.52. The summed E-state index contributed by atoms with van der Waals surface area (Å²) in [6.07, 6.45) is 3.26. The Morgan fingerprint density at radius 2 is 1.73 bits per heavy atom. The van der Waals surface area contributed by atoms with Gasteiger partial charge in [-0.1, -0.05) is 54.1 Å². The molecular weight excluding hydrogens is 504 g/mol. The maximum absolute atomic E-state index is 13.2. The molecule has 37 heavy (non-hydrogen) atoms. The topological polar surface area (TPSA) is 100 Å². The van der Waals surface area contributed by atoms with Gasteiger partial charge >= 0.3 is 0 Å². The standard InChI is InChI=1S/C28H24N4O3S2/c1-19-10-12-20(13-11-19)16-24(31-26(34)21-6-3-2-4-7-21)27(35)30-22-8-5-9-23(17-22)37-18-25(33)32-28-29-14-15-36-28/h2-17H,18H2,1H3,(H,30,35)(H,31,34)(H,29,32,33)/b24-16-. The second-order valence-electron chi connectivity index (χ2n) is 7.94. The molecule has 186 valence electrons. The predicted octanol–water partition coefficient (Wildman–Crippen LogP) is 5.59. The molecule has 3 aromatic carbocycles. The summed E-state index contributed by atoms with van der Waals surface area (Å²) in [7, 11) is 0. The molecular formula is C28H24N4O3S2. The fourth-order valence-electron chi connectivity index (χ4n) is 3.22. The molecule has 0 unspecified atom stereocenters. The third-order valence-electron chi connectivity index (χ3n) is 5.06. The molecule has 9 heteroatoms. The number of hydrogen-bond acceptors (Lipinski definition) is 6. The quantitative estimate of drug-likeness (QED) is 0.194. The first-order valence-electron chi connectivity index (χ1n) is 11.3. The van der Waals surface area contributed by atoms with E-state index in [2.05, 4.69) is 20.9 Å². The highest BCUT2D eigenvalue weighted by Gasteiger charge is 2.15. The van der Waals surface area contributed by atoms with Crippen molar-refractivity contribution in [3.8, 4) is 0 Å². The minimum absolute atomic E-state index is 0.110. The number of thioether (sulfide) groups is 1. The number of nitrogens with zero attached hydrogens (tertiary/aromatic N) is 1. The highest BCUT2D eigenvalue weighted by atomic mass is 32.2. The number of nitrogens with one attached hydrogen (secondary N) is 3. The van der Waals surface area contributed by atoms with Crippen molar-refractivity contribution in [1.29, 1.82) is 0 Å². The van der Waals surface area contributed by atoms with Crippen LogP contribution in [0.1, 0.15) is 21.5 Å². The molecule has 3 N–H and O–H groups in total. The molecule has 1 heterocycles. The highest BCUT2D eigenvalue weighted by molar-refractivity contribution is 8.00. The summed E-state index contributed by atoms with van der Waals surface area (Å²) in [5, 5.41) is 10.7. The summed E-state index contributed by atoms with van der Waals surface area (Å²) in [4.78, 5) is 43.1. The summed E-state index contributed by atoms with van der Waals surface area (Å²) >= 11 is 2.69. The summed E-state index contributed by atoms with van der Waals surface area (Å²) in [5.41, 5.74) is 2.96. The van der Waals surface area contributed by atoms with Gasteiger partial charge in [-0.05, 0) is 48.9 Å². The van der Waals surface area contributed by atoms with Gasteiger partial charge in [-0.2, -0.15) is 0 Å². The smallest absolute Gasteiger partial charge is 0.272 e. The summed E-state index contributed by atoms with van der Waals surface area (Å²) in [6.45, 7) is 1.98. The number of anilines is 2. The number of hydrogen-bond donors (Lipinski definition) is 3. The number of aromatic nitrogens is 1. The van der Waals surface area contributed by atoms with E-state index >= 15 is 0 Å². The van der Waals surface area contributed by atoms with Gasteiger partial charge in [0.05, 0.1) is 5.75 Å². The minimum atomic E-state index is -0.464. The van der Waals surface area contributed by atoms with Crippen molar-refractivity contribution >= 4 is 57.7 Å². The van der Waals surface area contributed by atoms with Crippen LogP contribution in [0.25, 0.3) is 6.08 Å². The van der Waals surface area contributed by atoms with Crippen LogP contribution in [0.15, 0.2) is 101 Å². The lowest BCUT2D eigenvalue weighted by molar-refractivity contribution is -0.114. The number of amides is 3. The van der Waals surface area contributed by atoms with Crippen molar-refractivity contribution in [2.75, 3.05) is 16.4 Å². The van der Waals surface area contributed by atoms with Crippen LogP contribution < -0.4 is 16.0 Å². The van der Waals surface area contributed by atoms with Gasteiger partial charge in [-0.15, -0.1) is 23.1 Å². The molecule has 0 saturated heterocycles. The SMILES string of the molecule is Cc1ccc(/C=C(\NC(=O)c2ccccc2)C(=O)Nc2cccc(SCC(=O)Nc3nccs3)c2)cc1. The molecule has 1 aromatic heterocycles. The lowest BCUT2D eigenvalue weighted by atomic mass is 10.1. The predicted molar refractivity (Wildman–Crippen MR) is 150 cm³/mol. The van der Waals surface area contributed by atoms with Crippen molar-refractivity contribution in [1.82, 2.24) is 10.3 Å². The molecule has 0 atom stereocenters. The maximum atomic E-state index is 13.2. The van der Waals surface area contributed by atoms with E-state index in [1.807, 2.05) is 43.3 Å². The lowest BCUT2D eigenvalue weighted by Gasteiger charge is -2.12. The van der Waals surface area contributed by atoms with E-state index in [0.717, 1.165) is 16.0 Å². The molecule has 0 radical (unpaired) electrons. The van der Waals surface area contributed by atoms with Crippen LogP contribution in [0.4, 0.5) is 10.8 Å². The van der Waals surface area contributed by atoms with Crippen LogP contribution in [0.2, 0.25) is 0 Å². The van der Waals surface area contributed by atoms with Crippen molar-refractivity contribution in [2.45, 2.75) is 11.8 Å². The Balaban J connectivity index is 1.46. The van der Waals surface area contributed by atoms with E-state index in [4.69, 9.17) is 0 Å². The number of thiazole rings is 1. The van der Waals surface area contributed by atoms with Gasteiger partial charge in [0.2, 0.25) is 5.91 Å². The van der Waals surface area contributed by atoms with Gasteiger partial charge in [0.1, 0.15) is 5.70 Å². The molecule has 4 rings (SSSR count). The second kappa shape index (κ2) is 12.7. The van der Waals surface area contributed by atoms with Crippen molar-refractivity contribution in [3.05, 3.63) is 113 Å². The third-order valence-corrected chi connectivity index (χ3v) is 6.74. The number of carbonyl (C=O) groups is 3. The maximum Gasteiger partial charge on any atom is 0.272 e. The number of aryl methyl sites for hydroxylation is 1. The zero-order chi connectivity index (χ0) is 26.0. The van der Waals surface area contributed by atoms with Gasteiger partial charge in [0.15, 0.2) is 5.13 Å². The van der Waals surface area contributed by atoms with Crippen LogP contribution in [-0.2, 0) is 9.59 Å². The number of carbonyl (C=O) groups excluding carboxylic acids is 3. The Kier molecular flexibility index (Phi) is 8.85. The molecule has 0 spiro atoms. The monoisotopic (exact) mass is 528 g/mol. The highest BCUT2D eigenvalue weighted by Crippen LogP contribution is 2.23. The molecule has 3 amide bonds. The van der Waals surface area contributed by atoms with Crippen LogP contribution in [0.5, 0.6) is 0 Å². The largest absolute Gasteiger partial charge is 0.321 e. The third kappa shape index (κ3) is 7.89. The van der Waals surface area contributed by atoms with Crippen LogP contribution in [0, 0.1) is 6.92 Å². The Hall–Kier alpha value is -4.21. The van der Waals surface area contributed by atoms with Crippen molar-refractivity contribution in [3.63, 3.8) is 0 Å². The van der Waals surface area contributed by atoms with Crippen molar-refractivity contribution < 1.29 is 14.4 Å². The Morgan fingerprint density at radius 3 is 2.46 bits per heavy atom. The van der Waals surface area contributed by atoms with Crippen LogP contribution in [-0.4, -0.2) is 28.5 Å². The average Bonchev–Trinajstić information content (AvgIpc) is 3.42. The summed E-state index contributed by atoms with van der Waals surface area (Å²) in [6, 6.07) is 23.5. The van der Waals surface area contributed by atoms with E-state index in [1.165, 1.54) is 23.1 Å². The first-order chi connectivity index (χ1) is 18.0. The Labute approximate surface area is 223 Å². The van der Waals surface area contributed by atoms with Gasteiger partial charge in [0.25, 0.3) is 11.8 Å². The van der Waals surface area contributed by atoms with Gasteiger partial charge in [-0.25, -0.2) is 4.98 Å². The number of benzene rings is 3. The minimum Gasteiger partial charge on any atom is -0.321 e. The zero-order valence-electron chi connectivity index (χ0n) is 19.9. The Bertz CT molecular complexity index is 1400. The molecule has 0 bridgehead atoms. The average molecular weight is 529 g/mol. The van der Waals surface area contributed by atoms with E-state index in [1.54, 1.807) is 60.1 Å². The molecule has 0 saturated carbocycles.